The third-order valence-corrected chi connectivity index (χ3v) is 19.9. The monoisotopic (exact) mass is 2050 g/mol. The number of anilines is 4. The molecular formula is C78H64Br4Cl6F6N20O8. The molecule has 636 valence electrons. The van der Waals surface area contributed by atoms with Crippen molar-refractivity contribution in [1.82, 2.24) is 80.3 Å². The zero-order chi connectivity index (χ0) is 89.8. The molecule has 28 nitrogen and oxygen atoms in total. The van der Waals surface area contributed by atoms with Gasteiger partial charge in [-0.3, -0.25) is 38.4 Å². The van der Waals surface area contributed by atoms with Crippen LogP contribution in [0.2, 0.25) is 30.4 Å². The molecule has 0 saturated carbocycles. The van der Waals surface area contributed by atoms with Crippen LogP contribution >= 0.6 is 133 Å². The Hall–Kier alpha value is -10.7. The van der Waals surface area contributed by atoms with E-state index in [9.17, 15) is 64.7 Å². The van der Waals surface area contributed by atoms with Gasteiger partial charge in [0.25, 0.3) is 47.3 Å². The number of aromatic nitrogens is 12. The summed E-state index contributed by atoms with van der Waals surface area (Å²) in [4.78, 5) is 118. The van der Waals surface area contributed by atoms with Gasteiger partial charge in [0, 0.05) is 93.1 Å². The lowest BCUT2D eigenvalue weighted by Crippen LogP contribution is -2.31. The first-order valence-electron chi connectivity index (χ1n) is 35.2. The smallest absolute Gasteiger partial charge is 0.355 e. The van der Waals surface area contributed by atoms with E-state index in [4.69, 9.17) is 69.6 Å². The SMILES string of the molecule is CNC(=O)c1cc(Br)cc(C)c1NC(=O)c1cc(C(F)(F)F)nn1-c1ncccc1Cl.CNC(=O)c1cc(Br)cc(C)c1NC(=O)c1cc(Cl)nn1-c1ncccc1Cl.Cc1cc(Br)cc(C(=O)NC(C)C)c1NC(=O)c1cc(C(F)(F)F)nn1-c1ncccc1Cl.Cc1cc(Br)cc(C(=O)NC(C)C)c1NC(=O)c1cc(Cl)nn1-c1ncccc1Cl. The van der Waals surface area contributed by atoms with Crippen LogP contribution in [0.4, 0.5) is 49.1 Å². The van der Waals surface area contributed by atoms with Gasteiger partial charge in [-0.25, -0.2) is 38.7 Å². The number of amides is 8. The predicted molar refractivity (Wildman–Crippen MR) is 465 cm³/mol. The molecule has 0 bridgehead atoms. The minimum absolute atomic E-state index is 0.000182. The number of hydrogen-bond acceptors (Lipinski definition) is 16. The predicted octanol–water partition coefficient (Wildman–Crippen LogP) is 19.3. The number of rotatable bonds is 18. The molecule has 0 fully saturated rings. The fraction of sp³-hybridized carbons (Fsp3) is 0.179. The van der Waals surface area contributed by atoms with Gasteiger partial charge in [0.1, 0.15) is 22.8 Å². The van der Waals surface area contributed by atoms with Gasteiger partial charge in [0.05, 0.1) is 65.1 Å². The van der Waals surface area contributed by atoms with E-state index in [1.807, 2.05) is 19.9 Å². The Morgan fingerprint density at radius 3 is 0.795 bits per heavy atom. The van der Waals surface area contributed by atoms with Gasteiger partial charge in [0.2, 0.25) is 0 Å². The number of hydrogen-bond donors (Lipinski definition) is 8. The summed E-state index contributed by atoms with van der Waals surface area (Å²) in [6.07, 6.45) is -3.93. The van der Waals surface area contributed by atoms with E-state index < -0.39 is 70.6 Å². The maximum atomic E-state index is 13.4. The summed E-state index contributed by atoms with van der Waals surface area (Å²) in [6.45, 7) is 14.1. The van der Waals surface area contributed by atoms with Crippen LogP contribution in [0.5, 0.6) is 0 Å². The van der Waals surface area contributed by atoms with Crippen molar-refractivity contribution in [2.45, 2.75) is 79.8 Å². The van der Waals surface area contributed by atoms with Crippen molar-refractivity contribution in [3.63, 3.8) is 0 Å². The fourth-order valence-corrected chi connectivity index (χ4v) is 14.6. The molecule has 8 N–H and O–H groups in total. The van der Waals surface area contributed by atoms with Crippen molar-refractivity contribution < 1.29 is 64.7 Å². The number of nitrogens with zero attached hydrogens (tertiary/aromatic N) is 12. The molecule has 8 amide bonds. The van der Waals surface area contributed by atoms with Crippen molar-refractivity contribution in [2.24, 2.45) is 0 Å². The standard InChI is InChI=1S/C21H18BrClF3N5O2.C20H18BrCl2N5O2.C19H14BrClF3N5O2.C18H14BrCl2N5O2/c1-10(2)28-19(32)13-8-12(22)7-11(3)17(13)29-20(33)15-9-16(21(24,25)26)30-31(15)18-14(23)5-4-6-27-18;1-10(2)25-19(29)13-8-12(21)7-11(3)17(13)26-20(30)15-9-16(23)27-28(15)18-14(22)5-4-6-24-18;1-9-6-10(20)7-11(17(30)25-2)15(9)27-18(31)13-8-14(19(22,23)24)28-29(13)16-12(21)4-3-5-26-16;1-9-6-10(19)7-11(17(27)22-2)15(9)24-18(28)13-8-14(21)25-26(13)16-12(20)4-3-5-23-16/h4-10H,1-3H3,(H,28,32)(H,29,33);4-10H,1-3H3,(H,25,29)(H,26,30);3-8H,1-2H3,(H,25,30)(H,27,31);3-8H,1-2H3,(H,22,27)(H,24,28). The molecule has 0 spiro atoms. The van der Waals surface area contributed by atoms with Crippen LogP contribution in [-0.4, -0.2) is 132 Å². The van der Waals surface area contributed by atoms with E-state index in [2.05, 4.69) is 147 Å². The molecule has 0 aliphatic carbocycles. The lowest BCUT2D eigenvalue weighted by molar-refractivity contribution is -0.142. The van der Waals surface area contributed by atoms with Crippen molar-refractivity contribution >= 4 is 203 Å². The quantitative estimate of drug-likeness (QED) is 0.0370. The van der Waals surface area contributed by atoms with Gasteiger partial charge in [0.15, 0.2) is 45.0 Å². The lowest BCUT2D eigenvalue weighted by Gasteiger charge is -2.16. The van der Waals surface area contributed by atoms with E-state index in [0.717, 1.165) is 13.6 Å². The Balaban J connectivity index is 0.000000185. The van der Waals surface area contributed by atoms with Crippen LogP contribution in [0, 0.1) is 27.7 Å². The molecule has 0 saturated heterocycles. The normalized spacial score (nSPS) is 11.1. The van der Waals surface area contributed by atoms with Gasteiger partial charge in [-0.05, 0) is 175 Å². The second kappa shape index (κ2) is 41.0. The van der Waals surface area contributed by atoms with Crippen LogP contribution in [0.15, 0.2) is 164 Å². The maximum absolute atomic E-state index is 13.4. The highest BCUT2D eigenvalue weighted by Gasteiger charge is 2.39. The maximum Gasteiger partial charge on any atom is 0.435 e. The molecule has 0 radical (unpaired) electrons. The number of halogens is 16. The van der Waals surface area contributed by atoms with Crippen molar-refractivity contribution in [2.75, 3.05) is 35.4 Å². The van der Waals surface area contributed by atoms with Crippen LogP contribution < -0.4 is 42.5 Å². The Bertz CT molecular complexity index is 6070. The molecule has 0 aliphatic heterocycles. The molecule has 0 aliphatic rings. The minimum atomic E-state index is -4.81. The zero-order valence-electron chi connectivity index (χ0n) is 64.7. The Labute approximate surface area is 753 Å². The zero-order valence-corrected chi connectivity index (χ0v) is 75.6. The molecule has 8 heterocycles. The van der Waals surface area contributed by atoms with E-state index in [-0.39, 0.29) is 101 Å². The molecule has 8 aromatic heterocycles. The Kier molecular flexibility index (Phi) is 32.0. The van der Waals surface area contributed by atoms with E-state index >= 15 is 0 Å². The van der Waals surface area contributed by atoms with Crippen LogP contribution in [-0.2, 0) is 12.4 Å². The first-order chi connectivity index (χ1) is 57.4. The van der Waals surface area contributed by atoms with Crippen LogP contribution in [0.3, 0.4) is 0 Å². The number of nitrogens with one attached hydrogen (secondary N) is 8. The Morgan fingerprint density at radius 2 is 0.574 bits per heavy atom. The first kappa shape index (κ1) is 95.2. The lowest BCUT2D eigenvalue weighted by atomic mass is 10.1. The molecule has 12 rings (SSSR count). The summed E-state index contributed by atoms with van der Waals surface area (Å²) in [7, 11) is 2.93. The molecule has 4 aromatic carbocycles. The second-order valence-corrected chi connectivity index (χ2v) is 32.3. The summed E-state index contributed by atoms with van der Waals surface area (Å²) in [5, 5.41) is 37.3. The number of carbonyl (C=O) groups excluding carboxylic acids is 8. The minimum Gasteiger partial charge on any atom is -0.355 e. The number of alkyl halides is 6. The third kappa shape index (κ3) is 23.6. The molecule has 44 heteroatoms. The van der Waals surface area contributed by atoms with Crippen LogP contribution in [0.25, 0.3) is 23.3 Å². The van der Waals surface area contributed by atoms with Crippen molar-refractivity contribution in [3.8, 4) is 23.3 Å². The number of carbonyl (C=O) groups is 8. The van der Waals surface area contributed by atoms with E-state index in [1.165, 1.54) is 96.8 Å². The van der Waals surface area contributed by atoms with Gasteiger partial charge >= 0.3 is 12.4 Å². The summed E-state index contributed by atoms with van der Waals surface area (Å²) in [5.74, 6) is -4.24. The summed E-state index contributed by atoms with van der Waals surface area (Å²) >= 11 is 49.9. The van der Waals surface area contributed by atoms with Gasteiger partial charge < -0.3 is 42.5 Å². The molecule has 12 aromatic rings. The molecule has 0 unspecified atom stereocenters. The Morgan fingerprint density at radius 1 is 0.344 bits per heavy atom. The number of aryl methyl sites for hydroxylation is 4. The van der Waals surface area contributed by atoms with Crippen molar-refractivity contribution in [3.05, 3.63) is 273 Å². The summed E-state index contributed by atoms with van der Waals surface area (Å²) < 4.78 is 86.6. The van der Waals surface area contributed by atoms with Gasteiger partial charge in [-0.2, -0.15) is 46.7 Å². The van der Waals surface area contributed by atoms with E-state index in [0.29, 0.717) is 80.6 Å². The average molecular weight is 2060 g/mol. The second-order valence-electron chi connectivity index (χ2n) is 26.2. The largest absolute Gasteiger partial charge is 0.435 e. The van der Waals surface area contributed by atoms with Gasteiger partial charge in [-0.1, -0.05) is 133 Å². The summed E-state index contributed by atoms with van der Waals surface area (Å²) in [6, 6.07) is 29.3. The highest BCUT2D eigenvalue weighted by atomic mass is 79.9. The van der Waals surface area contributed by atoms with Crippen molar-refractivity contribution in [1.29, 1.82) is 0 Å². The van der Waals surface area contributed by atoms with E-state index in [1.54, 1.807) is 96.1 Å². The fourth-order valence-electron chi connectivity index (χ4n) is 11.2. The van der Waals surface area contributed by atoms with Crippen LogP contribution in [0.1, 0.15) is 145 Å². The number of pyridine rings is 4. The summed E-state index contributed by atoms with van der Waals surface area (Å²) in [5.41, 5.74) is 1.15. The number of benzene rings is 4. The molecule has 0 atom stereocenters. The highest BCUT2D eigenvalue weighted by molar-refractivity contribution is 9.11. The third-order valence-electron chi connectivity index (χ3n) is 16.5. The van der Waals surface area contributed by atoms with Gasteiger partial charge in [-0.15, -0.1) is 0 Å². The first-order valence-corrected chi connectivity index (χ1v) is 40.6. The molecule has 122 heavy (non-hydrogen) atoms. The highest BCUT2D eigenvalue weighted by Crippen LogP contribution is 2.37. The topological polar surface area (TPSA) is 356 Å². The molecular weight excluding hydrogens is 1990 g/mol. The average Bonchev–Trinajstić information content (AvgIpc) is 1.63.